The minimum absolute atomic E-state index is 0.745. The molecule has 0 radical (unpaired) electrons. The smallest absolute Gasteiger partial charge is 0.141 e. The summed E-state index contributed by atoms with van der Waals surface area (Å²) >= 11 is 0. The molecule has 4 heteroatoms. The lowest BCUT2D eigenvalue weighted by molar-refractivity contribution is 0.813. The van der Waals surface area contributed by atoms with Crippen LogP contribution in [0.2, 0.25) is 0 Å². The van der Waals surface area contributed by atoms with Gasteiger partial charge in [0.05, 0.1) is 22.1 Å². The van der Waals surface area contributed by atoms with Crippen LogP contribution in [0.4, 0.5) is 0 Å². The Bertz CT molecular complexity index is 1730. The number of fused-ring (bicyclic) bond motifs is 2. The second-order valence-electron chi connectivity index (χ2n) is 9.57. The van der Waals surface area contributed by atoms with Crippen LogP contribution in [0.15, 0.2) is 133 Å². The van der Waals surface area contributed by atoms with Crippen LogP contribution in [0.5, 0.6) is 0 Å². The molecule has 38 heavy (non-hydrogen) atoms. The molecule has 0 aliphatic rings. The molecule has 0 N–H and O–H groups in total. The van der Waals surface area contributed by atoms with E-state index >= 15 is 0 Å². The Morgan fingerprint density at radius 3 is 1.32 bits per heavy atom. The van der Waals surface area contributed by atoms with Gasteiger partial charge in [-0.3, -0.25) is 0 Å². The minimum Gasteiger partial charge on any atom is -0.319 e. The van der Waals surface area contributed by atoms with E-state index < -0.39 is 0 Å². The maximum Gasteiger partial charge on any atom is 0.141 e. The molecule has 0 aliphatic carbocycles. The highest BCUT2D eigenvalue weighted by Gasteiger charge is 2.15. The number of benzene rings is 5. The highest BCUT2D eigenvalue weighted by Crippen LogP contribution is 2.28. The van der Waals surface area contributed by atoms with Gasteiger partial charge in [0.1, 0.15) is 11.6 Å². The number of para-hydroxylation sites is 4. The zero-order valence-electron chi connectivity index (χ0n) is 20.9. The third-order valence-electron chi connectivity index (χ3n) is 7.05. The van der Waals surface area contributed by atoms with Crippen LogP contribution in [0.3, 0.4) is 0 Å². The van der Waals surface area contributed by atoms with Gasteiger partial charge < -0.3 is 9.13 Å². The lowest BCUT2D eigenvalue weighted by Crippen LogP contribution is -2.05. The van der Waals surface area contributed by atoms with E-state index in [1.807, 2.05) is 12.1 Å². The van der Waals surface area contributed by atoms with E-state index in [9.17, 15) is 0 Å². The number of nitrogens with zero attached hydrogens (tertiary/aromatic N) is 4. The first-order valence-electron chi connectivity index (χ1n) is 12.9. The molecule has 4 nitrogen and oxygen atoms in total. The molecule has 0 amide bonds. The number of imidazole rings is 2. The van der Waals surface area contributed by atoms with E-state index in [1.54, 1.807) is 0 Å². The monoisotopic (exact) mass is 490 g/mol. The number of hydrogen-bond donors (Lipinski definition) is 0. The van der Waals surface area contributed by atoms with Crippen molar-refractivity contribution >= 4 is 22.1 Å². The van der Waals surface area contributed by atoms with E-state index in [2.05, 4.69) is 130 Å². The second-order valence-corrected chi connectivity index (χ2v) is 9.57. The zero-order valence-corrected chi connectivity index (χ0v) is 20.9. The fraction of sp³-hybridized carbons (Fsp3) is 0.0588. The summed E-state index contributed by atoms with van der Waals surface area (Å²) in [5.41, 5.74) is 9.05. The first-order valence-corrected chi connectivity index (χ1v) is 12.9. The molecule has 0 fully saturated rings. The molecule has 7 aromatic rings. The highest BCUT2D eigenvalue weighted by atomic mass is 15.1. The van der Waals surface area contributed by atoms with Crippen LogP contribution in [-0.4, -0.2) is 19.1 Å². The molecule has 0 spiro atoms. The summed E-state index contributed by atoms with van der Waals surface area (Å²) in [4.78, 5) is 9.98. The number of rotatable bonds is 6. The van der Waals surface area contributed by atoms with E-state index in [4.69, 9.17) is 9.97 Å². The molecule has 0 saturated carbocycles. The average Bonchev–Trinajstić information content (AvgIpc) is 3.53. The molecule has 0 aliphatic heterocycles. The van der Waals surface area contributed by atoms with E-state index in [-0.39, 0.29) is 0 Å². The Kier molecular flexibility index (Phi) is 5.56. The number of aromatic nitrogens is 4. The Hall–Kier alpha value is -4.96. The minimum atomic E-state index is 0.745. The number of hydrogen-bond acceptors (Lipinski definition) is 2. The average molecular weight is 491 g/mol. The SMILES string of the molecule is c1ccc(-c2nc3ccccc3n2Cc2cccc(Cn3c(-c4ccccc4)nc4ccccc43)c2)cc1. The molecule has 5 aromatic carbocycles. The predicted molar refractivity (Wildman–Crippen MR) is 155 cm³/mol. The summed E-state index contributed by atoms with van der Waals surface area (Å²) in [6, 6.07) is 46.5. The Morgan fingerprint density at radius 2 is 0.842 bits per heavy atom. The summed E-state index contributed by atoms with van der Waals surface area (Å²) in [5, 5.41) is 0. The van der Waals surface area contributed by atoms with Crippen molar-refractivity contribution in [3.63, 3.8) is 0 Å². The summed E-state index contributed by atoms with van der Waals surface area (Å²) in [6.45, 7) is 1.49. The van der Waals surface area contributed by atoms with Gasteiger partial charge in [-0.25, -0.2) is 9.97 Å². The van der Waals surface area contributed by atoms with Crippen molar-refractivity contribution < 1.29 is 0 Å². The normalized spacial score (nSPS) is 11.4. The van der Waals surface area contributed by atoms with Crippen molar-refractivity contribution in [1.29, 1.82) is 0 Å². The third kappa shape index (κ3) is 4.06. The molecule has 2 heterocycles. The lowest BCUT2D eigenvalue weighted by atomic mass is 10.1. The standard InChI is InChI=1S/C34H26N4/c1-3-14-27(15-4-1)33-35-29-18-7-9-20-31(29)37(33)23-25-12-11-13-26(22-25)24-38-32-21-10-8-19-30(32)36-34(38)28-16-5-2-6-17-28/h1-22H,23-24H2. The fourth-order valence-corrected chi connectivity index (χ4v) is 5.28. The Morgan fingerprint density at radius 1 is 0.421 bits per heavy atom. The zero-order chi connectivity index (χ0) is 25.3. The van der Waals surface area contributed by atoms with E-state index in [0.29, 0.717) is 0 Å². The van der Waals surface area contributed by atoms with E-state index in [0.717, 1.165) is 57.9 Å². The maximum absolute atomic E-state index is 4.99. The summed E-state index contributed by atoms with van der Waals surface area (Å²) in [7, 11) is 0. The molecule has 0 bridgehead atoms. The van der Waals surface area contributed by atoms with Crippen molar-refractivity contribution in [1.82, 2.24) is 19.1 Å². The topological polar surface area (TPSA) is 35.6 Å². The van der Waals surface area contributed by atoms with Gasteiger partial charge in [-0.05, 0) is 35.4 Å². The van der Waals surface area contributed by atoms with Crippen molar-refractivity contribution in [3.05, 3.63) is 145 Å². The van der Waals surface area contributed by atoms with Gasteiger partial charge in [0.2, 0.25) is 0 Å². The predicted octanol–water partition coefficient (Wildman–Crippen LogP) is 7.82. The molecule has 182 valence electrons. The van der Waals surface area contributed by atoms with Crippen LogP contribution in [0.25, 0.3) is 44.8 Å². The molecular formula is C34H26N4. The van der Waals surface area contributed by atoms with Gasteiger partial charge in [0.15, 0.2) is 0 Å². The van der Waals surface area contributed by atoms with Crippen molar-refractivity contribution in [2.45, 2.75) is 13.1 Å². The van der Waals surface area contributed by atoms with Crippen LogP contribution in [0.1, 0.15) is 11.1 Å². The molecule has 0 atom stereocenters. The van der Waals surface area contributed by atoms with Crippen molar-refractivity contribution in [2.75, 3.05) is 0 Å². The summed E-state index contributed by atoms with van der Waals surface area (Å²) in [5.74, 6) is 1.98. The van der Waals surface area contributed by atoms with Gasteiger partial charge in [0.25, 0.3) is 0 Å². The van der Waals surface area contributed by atoms with E-state index in [1.165, 1.54) is 11.1 Å². The van der Waals surface area contributed by atoms with Crippen LogP contribution >= 0.6 is 0 Å². The molecule has 0 unspecified atom stereocenters. The largest absolute Gasteiger partial charge is 0.319 e. The quantitative estimate of drug-likeness (QED) is 0.238. The van der Waals surface area contributed by atoms with Crippen molar-refractivity contribution in [2.24, 2.45) is 0 Å². The fourth-order valence-electron chi connectivity index (χ4n) is 5.28. The summed E-state index contributed by atoms with van der Waals surface area (Å²) < 4.78 is 4.65. The van der Waals surface area contributed by atoms with Crippen LogP contribution < -0.4 is 0 Å². The van der Waals surface area contributed by atoms with Gasteiger partial charge >= 0.3 is 0 Å². The van der Waals surface area contributed by atoms with Gasteiger partial charge in [-0.15, -0.1) is 0 Å². The Balaban J connectivity index is 1.28. The second kappa shape index (κ2) is 9.49. The molecular weight excluding hydrogens is 464 g/mol. The molecule has 0 saturated heterocycles. The van der Waals surface area contributed by atoms with Crippen LogP contribution in [-0.2, 0) is 13.1 Å². The van der Waals surface area contributed by atoms with Gasteiger partial charge in [-0.2, -0.15) is 0 Å². The highest BCUT2D eigenvalue weighted by molar-refractivity contribution is 5.81. The van der Waals surface area contributed by atoms with Gasteiger partial charge in [0, 0.05) is 24.2 Å². The van der Waals surface area contributed by atoms with Crippen LogP contribution in [0, 0.1) is 0 Å². The molecule has 7 rings (SSSR count). The van der Waals surface area contributed by atoms with Crippen molar-refractivity contribution in [3.8, 4) is 22.8 Å². The maximum atomic E-state index is 4.99. The first-order chi connectivity index (χ1) is 18.8. The third-order valence-corrected chi connectivity index (χ3v) is 7.05. The lowest BCUT2D eigenvalue weighted by Gasteiger charge is -2.13. The Labute approximate surface area is 221 Å². The first kappa shape index (κ1) is 22.3. The van der Waals surface area contributed by atoms with Gasteiger partial charge in [-0.1, -0.05) is 109 Å². The molecule has 2 aromatic heterocycles. The summed E-state index contributed by atoms with van der Waals surface area (Å²) in [6.07, 6.45) is 0.